The molecule has 0 radical (unpaired) electrons. The lowest BCUT2D eigenvalue weighted by molar-refractivity contribution is -0.122. The van der Waals surface area contributed by atoms with E-state index >= 15 is 0 Å². The number of aryl methyl sites for hydroxylation is 3. The first-order valence-electron chi connectivity index (χ1n) is 28.7. The van der Waals surface area contributed by atoms with E-state index in [1.54, 1.807) is 6.07 Å². The fraction of sp³-hybridized carbons (Fsp3) is 0.477. The molecular weight excluding hydrogens is 1150 g/mol. The summed E-state index contributed by atoms with van der Waals surface area (Å²) in [6.45, 7) is 28.9. The van der Waals surface area contributed by atoms with Gasteiger partial charge in [-0.25, -0.2) is 4.39 Å². The molecule has 0 aliphatic carbocycles. The van der Waals surface area contributed by atoms with Gasteiger partial charge in [0.25, 0.3) is 0 Å². The first-order valence-corrected chi connectivity index (χ1v) is 29.4. The van der Waals surface area contributed by atoms with E-state index in [-0.39, 0.29) is 90.8 Å². The topological polar surface area (TPSA) is 129 Å². The average molecular weight is 1250 g/mol. The zero-order valence-corrected chi connectivity index (χ0v) is 54.6. The summed E-state index contributed by atoms with van der Waals surface area (Å²) < 4.78 is 13.2. The van der Waals surface area contributed by atoms with Gasteiger partial charge in [0, 0.05) is 135 Å². The molecule has 83 heavy (non-hydrogen) atoms. The highest BCUT2D eigenvalue weighted by Gasteiger charge is 2.23. The molecule has 9 rings (SSSR count). The third-order valence-electron chi connectivity index (χ3n) is 13.8. The van der Waals surface area contributed by atoms with Gasteiger partial charge < -0.3 is 40.9 Å². The molecule has 0 fully saturated rings. The zero-order valence-electron chi connectivity index (χ0n) is 50.6. The zero-order chi connectivity index (χ0) is 58.5. The largest absolute Gasteiger partial charge is 0.370 e. The van der Waals surface area contributed by atoms with Crippen molar-refractivity contribution in [3.8, 4) is 0 Å². The quantitative estimate of drug-likeness (QED) is 0.0769. The molecule has 12 nitrogen and oxygen atoms in total. The lowest BCUT2D eigenvalue weighted by Crippen LogP contribution is -2.33. The predicted octanol–water partition coefficient (Wildman–Crippen LogP) is 13.2. The Morgan fingerprint density at radius 1 is 0.398 bits per heavy atom. The van der Waals surface area contributed by atoms with Crippen LogP contribution in [0.25, 0.3) is 0 Å². The van der Waals surface area contributed by atoms with E-state index in [2.05, 4.69) is 110 Å². The van der Waals surface area contributed by atoms with Gasteiger partial charge in [0.2, 0.25) is 23.6 Å². The molecule has 0 aromatic heterocycles. The fourth-order valence-electron chi connectivity index (χ4n) is 9.96. The molecular formula is C65H92Cl5FN8O4. The lowest BCUT2D eigenvalue weighted by atomic mass is 10.1. The standard InChI is InChI=1S/C15H22N2O.2C14H19ClN2O.C14H19FN2O.C8H10.3ClH/c1-11(2)16-15(18)7-9-17-8-6-13-10-12(3)4-5-14(13)17;1-10(2)16-14(18)6-8-17-7-5-11-9-12(15)3-4-13(11)17;2*1-10(2)16-14(18)6-8-17-7-5-11-3-4-12(15)9-13(11)17;1-7-3-5-8(2)6-4-7;;;/h4-5,10-11H,6-9H2,1-3H3,(H,16,18);3*3-4,9-10H,5-8H2,1-2H3,(H,16,18);3-6H,1-2H3;3*1H. The van der Waals surface area contributed by atoms with Crippen LogP contribution >= 0.6 is 60.4 Å². The Balaban J connectivity index is 0.000000357. The lowest BCUT2D eigenvalue weighted by Gasteiger charge is -2.19. The van der Waals surface area contributed by atoms with Gasteiger partial charge in [-0.05, 0) is 173 Å². The highest BCUT2D eigenvalue weighted by atomic mass is 35.5. The Kier molecular flexibility index (Phi) is 32.9. The van der Waals surface area contributed by atoms with E-state index in [9.17, 15) is 23.6 Å². The summed E-state index contributed by atoms with van der Waals surface area (Å²) in [5.41, 5.74) is 13.8. The third kappa shape index (κ3) is 25.8. The summed E-state index contributed by atoms with van der Waals surface area (Å²) in [7, 11) is 0. The van der Waals surface area contributed by atoms with Crippen molar-refractivity contribution in [2.75, 3.05) is 72.0 Å². The van der Waals surface area contributed by atoms with Crippen LogP contribution in [0.4, 0.5) is 27.1 Å². The van der Waals surface area contributed by atoms with Crippen molar-refractivity contribution in [1.82, 2.24) is 21.3 Å². The number of anilines is 4. The number of hydrogen-bond donors (Lipinski definition) is 4. The number of nitrogens with zero attached hydrogens (tertiary/aromatic N) is 4. The monoisotopic (exact) mass is 1240 g/mol. The molecule has 18 heteroatoms. The number of fused-ring (bicyclic) bond motifs is 4. The second-order valence-corrected chi connectivity index (χ2v) is 23.3. The maximum Gasteiger partial charge on any atom is 0.221 e. The van der Waals surface area contributed by atoms with E-state index in [1.807, 2.05) is 91.8 Å². The number of benzene rings is 5. The van der Waals surface area contributed by atoms with Gasteiger partial charge in [-0.1, -0.05) is 88.4 Å². The molecule has 4 N–H and O–H groups in total. The van der Waals surface area contributed by atoms with Gasteiger partial charge in [0.1, 0.15) is 5.82 Å². The number of hydrogen-bond acceptors (Lipinski definition) is 8. The second-order valence-electron chi connectivity index (χ2n) is 22.4. The van der Waals surface area contributed by atoms with Crippen molar-refractivity contribution in [3.05, 3.63) is 152 Å². The summed E-state index contributed by atoms with van der Waals surface area (Å²) in [6.07, 6.45) is 6.19. The first kappa shape index (κ1) is 73.7. The van der Waals surface area contributed by atoms with Gasteiger partial charge in [-0.2, -0.15) is 0 Å². The minimum Gasteiger partial charge on any atom is -0.370 e. The molecule has 4 heterocycles. The maximum absolute atomic E-state index is 13.2. The predicted molar refractivity (Wildman–Crippen MR) is 353 cm³/mol. The summed E-state index contributed by atoms with van der Waals surface area (Å²) in [5.74, 6) is 0.209. The van der Waals surface area contributed by atoms with Crippen LogP contribution in [0.3, 0.4) is 0 Å². The van der Waals surface area contributed by atoms with Crippen LogP contribution in [0, 0.1) is 26.6 Å². The SMILES string of the molecule is CC(C)NC(=O)CCN1CCc2cc(Cl)ccc21.CC(C)NC(=O)CCN1CCc2ccc(Cl)cc21.CC(C)NC(=O)CCN1CCc2ccc(F)cc21.Cc1ccc(C)cc1.Cc1ccc2c(c1)CCN2CCC(=O)NC(C)C.Cl.Cl.Cl. The molecule has 4 aliphatic heterocycles. The minimum absolute atomic E-state index is 0. The van der Waals surface area contributed by atoms with Crippen LogP contribution in [0.5, 0.6) is 0 Å². The molecule has 4 amide bonds. The number of amides is 4. The van der Waals surface area contributed by atoms with Crippen LogP contribution in [0.2, 0.25) is 10.0 Å². The molecule has 458 valence electrons. The van der Waals surface area contributed by atoms with E-state index in [1.165, 1.54) is 62.1 Å². The second kappa shape index (κ2) is 37.1. The Morgan fingerprint density at radius 2 is 0.699 bits per heavy atom. The fourth-order valence-corrected chi connectivity index (χ4v) is 10.3. The van der Waals surface area contributed by atoms with Crippen LogP contribution in [0.1, 0.15) is 120 Å². The summed E-state index contributed by atoms with van der Waals surface area (Å²) in [6, 6.07) is 32.7. The normalized spacial score (nSPS) is 12.9. The number of nitrogens with one attached hydrogen (secondary N) is 4. The molecule has 0 saturated heterocycles. The van der Waals surface area contributed by atoms with Crippen molar-refractivity contribution in [2.45, 2.75) is 152 Å². The van der Waals surface area contributed by atoms with E-state index in [0.717, 1.165) is 87.2 Å². The van der Waals surface area contributed by atoms with Crippen LogP contribution in [-0.2, 0) is 44.9 Å². The maximum atomic E-state index is 13.2. The number of carbonyl (C=O) groups excluding carboxylic acids is 4. The summed E-state index contributed by atoms with van der Waals surface area (Å²) in [5, 5.41) is 13.2. The Labute approximate surface area is 524 Å². The van der Waals surface area contributed by atoms with Gasteiger partial charge in [-0.3, -0.25) is 19.2 Å². The Hall–Kier alpha value is -5.44. The molecule has 5 aromatic rings. The molecule has 0 spiro atoms. The third-order valence-corrected chi connectivity index (χ3v) is 14.3. The minimum atomic E-state index is -0.215. The summed E-state index contributed by atoms with van der Waals surface area (Å²) in [4.78, 5) is 55.3. The summed E-state index contributed by atoms with van der Waals surface area (Å²) >= 11 is 12.0. The molecule has 0 atom stereocenters. The molecule has 0 unspecified atom stereocenters. The molecule has 5 aromatic carbocycles. The van der Waals surface area contributed by atoms with E-state index < -0.39 is 0 Å². The van der Waals surface area contributed by atoms with Crippen LogP contribution in [0.15, 0.2) is 97.1 Å². The van der Waals surface area contributed by atoms with Crippen molar-refractivity contribution in [1.29, 1.82) is 0 Å². The van der Waals surface area contributed by atoms with Gasteiger partial charge in [0.05, 0.1) is 0 Å². The van der Waals surface area contributed by atoms with Gasteiger partial charge >= 0.3 is 0 Å². The van der Waals surface area contributed by atoms with Gasteiger partial charge in [0.15, 0.2) is 0 Å². The van der Waals surface area contributed by atoms with E-state index in [4.69, 9.17) is 23.2 Å². The average Bonchev–Trinajstić information content (AvgIpc) is 4.24. The highest BCUT2D eigenvalue weighted by Crippen LogP contribution is 2.33. The van der Waals surface area contributed by atoms with Crippen molar-refractivity contribution < 1.29 is 23.6 Å². The van der Waals surface area contributed by atoms with Crippen molar-refractivity contribution in [2.24, 2.45) is 0 Å². The van der Waals surface area contributed by atoms with Crippen LogP contribution in [-0.4, -0.2) is 100 Å². The number of halogens is 6. The Bertz CT molecular complexity index is 2630. The van der Waals surface area contributed by atoms with Crippen molar-refractivity contribution in [3.63, 3.8) is 0 Å². The van der Waals surface area contributed by atoms with Crippen molar-refractivity contribution >= 4 is 107 Å². The molecule has 0 saturated carbocycles. The van der Waals surface area contributed by atoms with Gasteiger partial charge in [-0.15, -0.1) is 37.2 Å². The number of carbonyl (C=O) groups is 4. The van der Waals surface area contributed by atoms with E-state index in [0.29, 0.717) is 32.2 Å². The molecule has 0 bridgehead atoms. The Morgan fingerprint density at radius 3 is 1.10 bits per heavy atom. The highest BCUT2D eigenvalue weighted by molar-refractivity contribution is 6.31. The van der Waals surface area contributed by atoms with Crippen LogP contribution < -0.4 is 40.9 Å². The smallest absolute Gasteiger partial charge is 0.221 e. The number of rotatable bonds is 16. The first-order chi connectivity index (χ1) is 38.0. The molecule has 4 aliphatic rings.